The maximum absolute atomic E-state index is 13.5. The van der Waals surface area contributed by atoms with E-state index in [4.69, 9.17) is 4.74 Å². The van der Waals surface area contributed by atoms with Gasteiger partial charge in [0.15, 0.2) is 11.2 Å². The Kier molecular flexibility index (Phi) is 4.83. The van der Waals surface area contributed by atoms with E-state index in [2.05, 4.69) is 4.98 Å². The molecule has 1 aliphatic rings. The number of aromatic nitrogens is 1. The van der Waals surface area contributed by atoms with E-state index in [1.54, 1.807) is 15.9 Å². The molecule has 7 heteroatoms. The van der Waals surface area contributed by atoms with Gasteiger partial charge in [-0.1, -0.05) is 30.3 Å². The van der Waals surface area contributed by atoms with E-state index in [-0.39, 0.29) is 18.4 Å². The number of carbonyl (C=O) groups excluding carboxylic acids is 2. The lowest BCUT2D eigenvalue weighted by molar-refractivity contribution is -0.125. The van der Waals surface area contributed by atoms with Crippen LogP contribution in [0, 0.1) is 6.92 Å². The Morgan fingerprint density at radius 1 is 1.14 bits per heavy atom. The van der Waals surface area contributed by atoms with Gasteiger partial charge in [-0.05, 0) is 31.2 Å². The largest absolute Gasteiger partial charge is 0.476 e. The predicted molar refractivity (Wildman–Crippen MR) is 109 cm³/mol. The van der Waals surface area contributed by atoms with Gasteiger partial charge in [-0.2, -0.15) is 0 Å². The highest BCUT2D eigenvalue weighted by atomic mass is 32.1. The smallest absolute Gasteiger partial charge is 0.276 e. The number of para-hydroxylation sites is 3. The fourth-order valence-corrected chi connectivity index (χ4v) is 3.98. The Labute approximate surface area is 167 Å². The number of benzene rings is 2. The van der Waals surface area contributed by atoms with E-state index in [1.807, 2.05) is 60.8 Å². The van der Waals surface area contributed by atoms with Crippen molar-refractivity contribution in [2.24, 2.45) is 0 Å². The monoisotopic (exact) mass is 393 g/mol. The van der Waals surface area contributed by atoms with Crippen molar-refractivity contribution in [3.05, 3.63) is 65.7 Å². The van der Waals surface area contributed by atoms with Crippen molar-refractivity contribution in [3.63, 3.8) is 0 Å². The molecule has 0 saturated heterocycles. The highest BCUT2D eigenvalue weighted by Gasteiger charge is 2.36. The van der Waals surface area contributed by atoms with Crippen molar-refractivity contribution in [1.82, 2.24) is 4.98 Å². The summed E-state index contributed by atoms with van der Waals surface area (Å²) in [6, 6.07) is 16.6. The highest BCUT2D eigenvalue weighted by Crippen LogP contribution is 2.35. The van der Waals surface area contributed by atoms with Crippen LogP contribution >= 0.6 is 11.3 Å². The number of carbonyl (C=O) groups is 2. The Morgan fingerprint density at radius 3 is 2.54 bits per heavy atom. The summed E-state index contributed by atoms with van der Waals surface area (Å²) in [5.41, 5.74) is 2.23. The molecule has 0 fully saturated rings. The van der Waals surface area contributed by atoms with Gasteiger partial charge in [-0.15, -0.1) is 11.3 Å². The zero-order valence-corrected chi connectivity index (χ0v) is 16.3. The van der Waals surface area contributed by atoms with Gasteiger partial charge in [0.25, 0.3) is 5.91 Å². The van der Waals surface area contributed by atoms with E-state index in [0.29, 0.717) is 22.3 Å². The molecule has 0 radical (unpaired) electrons. The van der Waals surface area contributed by atoms with Gasteiger partial charge in [0, 0.05) is 12.3 Å². The molecule has 0 unspecified atom stereocenters. The summed E-state index contributed by atoms with van der Waals surface area (Å²) < 4.78 is 6.00. The first-order valence-electron chi connectivity index (χ1n) is 8.89. The lowest BCUT2D eigenvalue weighted by Gasteiger charge is -2.35. The van der Waals surface area contributed by atoms with E-state index >= 15 is 0 Å². The molecular formula is C21H19N3O3S. The topological polar surface area (TPSA) is 62.7 Å². The van der Waals surface area contributed by atoms with Crippen LogP contribution in [0.15, 0.2) is 60.0 Å². The number of hydrogen-bond acceptors (Lipinski definition) is 5. The molecule has 2 heterocycles. The first kappa shape index (κ1) is 18.2. The molecule has 0 saturated carbocycles. The van der Waals surface area contributed by atoms with Gasteiger partial charge in [0.2, 0.25) is 5.91 Å². The van der Waals surface area contributed by atoms with Gasteiger partial charge >= 0.3 is 0 Å². The lowest BCUT2D eigenvalue weighted by atomic mass is 10.1. The maximum atomic E-state index is 13.5. The van der Waals surface area contributed by atoms with Crippen LogP contribution in [-0.2, 0) is 9.59 Å². The number of aryl methyl sites for hydroxylation is 1. The van der Waals surface area contributed by atoms with E-state index in [9.17, 15) is 9.59 Å². The van der Waals surface area contributed by atoms with Gasteiger partial charge < -0.3 is 9.64 Å². The summed E-state index contributed by atoms with van der Waals surface area (Å²) in [6.45, 7) is 3.53. The Balaban J connectivity index is 1.72. The van der Waals surface area contributed by atoms with Crippen LogP contribution in [0.25, 0.3) is 0 Å². The van der Waals surface area contributed by atoms with Crippen LogP contribution < -0.4 is 14.5 Å². The van der Waals surface area contributed by atoms with E-state index in [0.717, 1.165) is 5.69 Å². The minimum atomic E-state index is -0.830. The second kappa shape index (κ2) is 7.44. The van der Waals surface area contributed by atoms with Crippen molar-refractivity contribution in [1.29, 1.82) is 0 Å². The van der Waals surface area contributed by atoms with Crippen molar-refractivity contribution in [2.75, 3.05) is 16.3 Å². The zero-order valence-electron chi connectivity index (χ0n) is 15.5. The summed E-state index contributed by atoms with van der Waals surface area (Å²) in [4.78, 5) is 33.3. The zero-order chi connectivity index (χ0) is 19.7. The lowest BCUT2D eigenvalue weighted by Crippen LogP contribution is -2.50. The molecule has 1 atom stereocenters. The van der Waals surface area contributed by atoms with Crippen LogP contribution in [0.2, 0.25) is 0 Å². The fourth-order valence-electron chi connectivity index (χ4n) is 3.16. The number of ether oxygens (including phenoxy) is 1. The summed E-state index contributed by atoms with van der Waals surface area (Å²) in [7, 11) is 0. The number of anilines is 3. The first-order chi connectivity index (χ1) is 13.5. The number of fused-ring (bicyclic) bond motifs is 1. The third kappa shape index (κ3) is 3.36. The van der Waals surface area contributed by atoms with Crippen molar-refractivity contribution in [2.45, 2.75) is 20.0 Å². The predicted octanol–water partition coefficient (Wildman–Crippen LogP) is 3.93. The van der Waals surface area contributed by atoms with Crippen molar-refractivity contribution >= 4 is 39.7 Å². The highest BCUT2D eigenvalue weighted by molar-refractivity contribution is 7.14. The van der Waals surface area contributed by atoms with Gasteiger partial charge in [-0.3, -0.25) is 14.5 Å². The molecule has 6 nitrogen and oxygen atoms in total. The SMILES string of the molecule is CC(=O)N1C[C@H](C(=O)N(c2ccccc2)c2nc(C)cs2)Oc2ccccc21. The summed E-state index contributed by atoms with van der Waals surface area (Å²) in [5, 5.41) is 2.47. The fraction of sp³-hybridized carbons (Fsp3) is 0.190. The summed E-state index contributed by atoms with van der Waals surface area (Å²) in [6.07, 6.45) is -0.830. The summed E-state index contributed by atoms with van der Waals surface area (Å²) in [5.74, 6) is 0.122. The molecule has 1 aliphatic heterocycles. The molecule has 28 heavy (non-hydrogen) atoms. The maximum Gasteiger partial charge on any atom is 0.276 e. The number of hydrogen-bond donors (Lipinski definition) is 0. The molecule has 4 rings (SSSR count). The van der Waals surface area contributed by atoms with Crippen molar-refractivity contribution in [3.8, 4) is 5.75 Å². The molecule has 0 spiro atoms. The average Bonchev–Trinajstić information content (AvgIpc) is 3.13. The van der Waals surface area contributed by atoms with Gasteiger partial charge in [0.05, 0.1) is 23.6 Å². The number of amides is 2. The van der Waals surface area contributed by atoms with Crippen LogP contribution in [0.3, 0.4) is 0 Å². The van der Waals surface area contributed by atoms with Gasteiger partial charge in [0.1, 0.15) is 5.75 Å². The first-order valence-corrected chi connectivity index (χ1v) is 9.77. The van der Waals surface area contributed by atoms with Crippen LogP contribution in [0.1, 0.15) is 12.6 Å². The second-order valence-corrected chi connectivity index (χ2v) is 7.32. The molecule has 0 aliphatic carbocycles. The molecule has 142 valence electrons. The van der Waals surface area contributed by atoms with Crippen molar-refractivity contribution < 1.29 is 14.3 Å². The van der Waals surface area contributed by atoms with Crippen LogP contribution in [-0.4, -0.2) is 29.4 Å². The van der Waals surface area contributed by atoms with Gasteiger partial charge in [-0.25, -0.2) is 4.98 Å². The number of nitrogens with zero attached hydrogens (tertiary/aromatic N) is 3. The minimum absolute atomic E-state index is 0.134. The molecule has 2 amide bonds. The minimum Gasteiger partial charge on any atom is -0.476 e. The standard InChI is InChI=1S/C21H19N3O3S/c1-14-13-28-21(22-14)24(16-8-4-3-5-9-16)20(26)19-12-23(15(2)25)17-10-6-7-11-18(17)27-19/h3-11,13,19H,12H2,1-2H3/t19-/m1/s1. The molecule has 0 N–H and O–H groups in total. The third-order valence-corrected chi connectivity index (χ3v) is 5.41. The van der Waals surface area contributed by atoms with E-state index < -0.39 is 6.10 Å². The number of rotatable bonds is 3. The average molecular weight is 393 g/mol. The second-order valence-electron chi connectivity index (χ2n) is 6.48. The normalized spacial score (nSPS) is 15.5. The van der Waals surface area contributed by atoms with Crippen LogP contribution in [0.4, 0.5) is 16.5 Å². The van der Waals surface area contributed by atoms with Crippen LogP contribution in [0.5, 0.6) is 5.75 Å². The quantitative estimate of drug-likeness (QED) is 0.676. The third-order valence-electron chi connectivity index (χ3n) is 4.46. The summed E-state index contributed by atoms with van der Waals surface area (Å²) >= 11 is 1.40. The Morgan fingerprint density at radius 2 is 1.86 bits per heavy atom. The molecular weight excluding hydrogens is 374 g/mol. The molecule has 0 bridgehead atoms. The van der Waals surface area contributed by atoms with E-state index in [1.165, 1.54) is 18.3 Å². The molecule has 3 aromatic rings. The molecule has 2 aromatic carbocycles. The number of thiazole rings is 1. The Bertz CT molecular complexity index is 1020. The molecule has 1 aromatic heterocycles. The Hall–Kier alpha value is -3.19.